The number of nitrogens with one attached hydrogen (secondary N) is 2. The molecule has 0 bridgehead atoms. The van der Waals surface area contributed by atoms with Crippen LogP contribution >= 0.6 is 15.9 Å². The predicted molar refractivity (Wildman–Crippen MR) is 83.7 cm³/mol. The van der Waals surface area contributed by atoms with Crippen LogP contribution in [0.25, 0.3) is 0 Å². The number of halogens is 1. The van der Waals surface area contributed by atoms with Gasteiger partial charge < -0.3 is 10.4 Å². The van der Waals surface area contributed by atoms with Crippen molar-refractivity contribution in [3.8, 4) is 0 Å². The van der Waals surface area contributed by atoms with E-state index >= 15 is 0 Å². The summed E-state index contributed by atoms with van der Waals surface area (Å²) in [7, 11) is 0. The summed E-state index contributed by atoms with van der Waals surface area (Å²) in [5.74, 6) is -0.915. The highest BCUT2D eigenvalue weighted by Gasteiger charge is 2.47. The van der Waals surface area contributed by atoms with Crippen LogP contribution < -0.4 is 5.32 Å². The van der Waals surface area contributed by atoms with Gasteiger partial charge in [0.25, 0.3) is 5.91 Å². The summed E-state index contributed by atoms with van der Waals surface area (Å²) >= 11 is 3.31. The van der Waals surface area contributed by atoms with E-state index in [4.69, 9.17) is 0 Å². The second kappa shape index (κ2) is 5.03. The molecule has 1 aliphatic rings. The van der Waals surface area contributed by atoms with Gasteiger partial charge in [0, 0.05) is 21.4 Å². The third kappa shape index (κ3) is 2.17. The van der Waals surface area contributed by atoms with Crippen LogP contribution in [0.2, 0.25) is 0 Å². The van der Waals surface area contributed by atoms with Crippen molar-refractivity contribution in [3.63, 3.8) is 0 Å². The zero-order valence-corrected chi connectivity index (χ0v) is 13.6. The van der Waals surface area contributed by atoms with E-state index in [9.17, 15) is 14.7 Å². The maximum Gasteiger partial charge on any atom is 0.261 e. The number of hydrogen-bond acceptors (Lipinski definition) is 4. The Morgan fingerprint density at radius 2 is 2.14 bits per heavy atom. The molecule has 114 valence electrons. The Bertz CT molecular complexity index is 780. The number of Topliss-reactive ketones (excluding diaryl/α,β-unsaturated/α-hetero) is 1. The molecule has 1 aromatic heterocycles. The van der Waals surface area contributed by atoms with Crippen LogP contribution in [-0.2, 0) is 10.4 Å². The Morgan fingerprint density at radius 3 is 2.77 bits per heavy atom. The lowest BCUT2D eigenvalue weighted by Crippen LogP contribution is -2.36. The van der Waals surface area contributed by atoms with Gasteiger partial charge in [0.05, 0.1) is 17.7 Å². The molecule has 0 unspecified atom stereocenters. The van der Waals surface area contributed by atoms with Gasteiger partial charge in [-0.05, 0) is 32.0 Å². The number of hydrogen-bond donors (Lipinski definition) is 3. The summed E-state index contributed by atoms with van der Waals surface area (Å²) in [5.41, 5.74) is 0.651. The number of aromatic amines is 1. The average molecular weight is 364 g/mol. The SMILES string of the molecule is Cc1n[nH]c(C)c1C(=O)C[C@]1(O)C(=O)Nc2ccc(Br)cc21. The number of amides is 1. The number of carbonyl (C=O) groups excluding carboxylic acids is 2. The number of aryl methyl sites for hydroxylation is 2. The minimum atomic E-state index is -1.87. The van der Waals surface area contributed by atoms with E-state index in [0.29, 0.717) is 28.2 Å². The Hall–Kier alpha value is -1.99. The predicted octanol–water partition coefficient (Wildman–Crippen LogP) is 2.20. The molecule has 2 aromatic rings. The molecule has 7 heteroatoms. The largest absolute Gasteiger partial charge is 0.375 e. The average Bonchev–Trinajstić information content (AvgIpc) is 2.90. The molecule has 0 radical (unpaired) electrons. The number of anilines is 1. The Kier molecular flexibility index (Phi) is 3.41. The fraction of sp³-hybridized carbons (Fsp3) is 0.267. The van der Waals surface area contributed by atoms with Crippen LogP contribution in [0.1, 0.15) is 33.7 Å². The van der Waals surface area contributed by atoms with E-state index in [-0.39, 0.29) is 12.2 Å². The van der Waals surface area contributed by atoms with Crippen LogP contribution in [0.5, 0.6) is 0 Å². The molecule has 1 amide bonds. The second-order valence-electron chi connectivity index (χ2n) is 5.41. The molecule has 2 heterocycles. The molecule has 0 saturated heterocycles. The summed E-state index contributed by atoms with van der Waals surface area (Å²) in [6.07, 6.45) is -0.330. The number of benzene rings is 1. The van der Waals surface area contributed by atoms with Gasteiger partial charge in [0.1, 0.15) is 0 Å². The summed E-state index contributed by atoms with van der Waals surface area (Å²) in [6, 6.07) is 5.10. The minimum Gasteiger partial charge on any atom is -0.375 e. The van der Waals surface area contributed by atoms with Gasteiger partial charge in [-0.2, -0.15) is 5.10 Å². The third-order valence-electron chi connectivity index (χ3n) is 3.87. The van der Waals surface area contributed by atoms with Gasteiger partial charge in [0.15, 0.2) is 11.4 Å². The van der Waals surface area contributed by atoms with Crippen molar-refractivity contribution in [1.82, 2.24) is 10.2 Å². The molecule has 1 atom stereocenters. The summed E-state index contributed by atoms with van der Waals surface area (Å²) in [6.45, 7) is 3.44. The molecule has 0 fully saturated rings. The highest BCUT2D eigenvalue weighted by molar-refractivity contribution is 9.10. The molecule has 0 aliphatic carbocycles. The summed E-state index contributed by atoms with van der Waals surface area (Å²) < 4.78 is 0.726. The third-order valence-corrected chi connectivity index (χ3v) is 4.37. The normalized spacial score (nSPS) is 19.9. The van der Waals surface area contributed by atoms with E-state index in [1.807, 2.05) is 0 Å². The van der Waals surface area contributed by atoms with Gasteiger partial charge in [-0.1, -0.05) is 15.9 Å². The molecule has 0 spiro atoms. The van der Waals surface area contributed by atoms with Gasteiger partial charge in [0.2, 0.25) is 0 Å². The highest BCUT2D eigenvalue weighted by atomic mass is 79.9. The standard InChI is InChI=1S/C15H14BrN3O3/c1-7-13(8(2)19-18-7)12(20)6-15(22)10-5-9(16)3-4-11(10)17-14(15)21/h3-5,22H,6H2,1-2H3,(H,17,21)(H,18,19)/t15-/m1/s1. The van der Waals surface area contributed by atoms with E-state index < -0.39 is 11.5 Å². The van der Waals surface area contributed by atoms with Crippen LogP contribution in [-0.4, -0.2) is 27.0 Å². The van der Waals surface area contributed by atoms with Crippen molar-refractivity contribution in [2.45, 2.75) is 25.9 Å². The van der Waals surface area contributed by atoms with Crippen molar-refractivity contribution in [1.29, 1.82) is 0 Å². The monoisotopic (exact) mass is 363 g/mol. The first-order valence-corrected chi connectivity index (χ1v) is 7.51. The van der Waals surface area contributed by atoms with Gasteiger partial charge in [-0.15, -0.1) is 0 Å². The lowest BCUT2D eigenvalue weighted by molar-refractivity contribution is -0.133. The lowest BCUT2D eigenvalue weighted by atomic mass is 9.87. The van der Waals surface area contributed by atoms with E-state index in [1.165, 1.54) is 0 Å². The lowest BCUT2D eigenvalue weighted by Gasteiger charge is -2.20. The van der Waals surface area contributed by atoms with Crippen molar-refractivity contribution >= 4 is 33.3 Å². The van der Waals surface area contributed by atoms with Gasteiger partial charge >= 0.3 is 0 Å². The fourth-order valence-corrected chi connectivity index (χ4v) is 3.13. The first-order valence-electron chi connectivity index (χ1n) is 6.71. The molecule has 1 aliphatic heterocycles. The van der Waals surface area contributed by atoms with Crippen LogP contribution in [0, 0.1) is 13.8 Å². The molecular formula is C15H14BrN3O3. The molecule has 3 rings (SSSR count). The van der Waals surface area contributed by atoms with E-state index in [0.717, 1.165) is 4.47 Å². The van der Waals surface area contributed by atoms with Crippen molar-refractivity contribution in [3.05, 3.63) is 45.2 Å². The molecule has 1 aromatic carbocycles. The van der Waals surface area contributed by atoms with Gasteiger partial charge in [-0.3, -0.25) is 14.7 Å². The number of H-pyrrole nitrogens is 1. The molecule has 3 N–H and O–H groups in total. The van der Waals surface area contributed by atoms with E-state index in [2.05, 4.69) is 31.4 Å². The molecule has 22 heavy (non-hydrogen) atoms. The van der Waals surface area contributed by atoms with Gasteiger partial charge in [-0.25, -0.2) is 0 Å². The Morgan fingerprint density at radius 1 is 1.41 bits per heavy atom. The highest BCUT2D eigenvalue weighted by Crippen LogP contribution is 2.40. The van der Waals surface area contributed by atoms with Crippen molar-refractivity contribution < 1.29 is 14.7 Å². The van der Waals surface area contributed by atoms with Crippen LogP contribution in [0.15, 0.2) is 22.7 Å². The number of carbonyl (C=O) groups is 2. The van der Waals surface area contributed by atoms with Crippen molar-refractivity contribution in [2.75, 3.05) is 5.32 Å². The number of rotatable bonds is 3. The molecule has 6 nitrogen and oxygen atoms in total. The number of nitrogens with zero attached hydrogens (tertiary/aromatic N) is 1. The van der Waals surface area contributed by atoms with Crippen LogP contribution in [0.4, 0.5) is 5.69 Å². The van der Waals surface area contributed by atoms with E-state index in [1.54, 1.807) is 32.0 Å². The van der Waals surface area contributed by atoms with Crippen molar-refractivity contribution in [2.24, 2.45) is 0 Å². The topological polar surface area (TPSA) is 95.1 Å². The Balaban J connectivity index is 2.00. The number of ketones is 1. The fourth-order valence-electron chi connectivity index (χ4n) is 2.77. The maximum absolute atomic E-state index is 12.5. The first-order chi connectivity index (χ1) is 10.3. The maximum atomic E-state index is 12.5. The zero-order chi connectivity index (χ0) is 16.1. The first kappa shape index (κ1) is 14.9. The second-order valence-corrected chi connectivity index (χ2v) is 6.33. The molecular weight excluding hydrogens is 350 g/mol. The zero-order valence-electron chi connectivity index (χ0n) is 12.0. The minimum absolute atomic E-state index is 0.325. The number of fused-ring (bicyclic) bond motifs is 1. The smallest absolute Gasteiger partial charge is 0.261 e. The number of aliphatic hydroxyl groups is 1. The quantitative estimate of drug-likeness (QED) is 0.728. The Labute approximate surface area is 135 Å². The van der Waals surface area contributed by atoms with Crippen LogP contribution in [0.3, 0.4) is 0 Å². The summed E-state index contributed by atoms with van der Waals surface area (Å²) in [4.78, 5) is 24.7. The summed E-state index contributed by atoms with van der Waals surface area (Å²) in [5, 5.41) is 20.1. The number of aromatic nitrogens is 2. The molecule has 0 saturated carbocycles.